The van der Waals surface area contributed by atoms with Gasteiger partial charge in [-0.25, -0.2) is 0 Å². The van der Waals surface area contributed by atoms with Crippen molar-refractivity contribution in [1.82, 2.24) is 20.2 Å². The zero-order valence-electron chi connectivity index (χ0n) is 18.7. The minimum Gasteiger partial charge on any atom is -0.496 e. The Hall–Kier alpha value is -4.58. The molecule has 34 heavy (non-hydrogen) atoms. The van der Waals surface area contributed by atoms with Gasteiger partial charge in [0.1, 0.15) is 18.1 Å². The van der Waals surface area contributed by atoms with Gasteiger partial charge >= 0.3 is 0 Å². The summed E-state index contributed by atoms with van der Waals surface area (Å²) in [6.45, 7) is 0.405. The summed E-state index contributed by atoms with van der Waals surface area (Å²) in [4.78, 5) is 7.48. The quantitative estimate of drug-likeness (QED) is 0.296. The van der Waals surface area contributed by atoms with Gasteiger partial charge in [0.25, 0.3) is 0 Å². The molecule has 0 fully saturated rings. The van der Waals surface area contributed by atoms with E-state index in [2.05, 4.69) is 50.5 Å². The number of methoxy groups -OCH3 is 1. The highest BCUT2D eigenvalue weighted by atomic mass is 16.5. The molecule has 3 aromatic heterocycles. The molecule has 0 aliphatic carbocycles. The first-order valence-electron chi connectivity index (χ1n) is 11.0. The molecule has 0 saturated carbocycles. The second-order valence-corrected chi connectivity index (χ2v) is 7.75. The van der Waals surface area contributed by atoms with E-state index in [0.717, 1.165) is 45.2 Å². The Balaban J connectivity index is 1.24. The van der Waals surface area contributed by atoms with E-state index in [9.17, 15) is 0 Å². The molecule has 0 aliphatic rings. The van der Waals surface area contributed by atoms with Crippen LogP contribution in [0.3, 0.4) is 0 Å². The molecule has 2 aromatic carbocycles. The summed E-state index contributed by atoms with van der Waals surface area (Å²) >= 11 is 0. The number of hydrogen-bond donors (Lipinski definition) is 2. The van der Waals surface area contributed by atoms with Crippen molar-refractivity contribution >= 4 is 35.2 Å². The lowest BCUT2D eigenvalue weighted by molar-refractivity contribution is 0.299. The summed E-state index contributed by atoms with van der Waals surface area (Å²) in [5.41, 5.74) is 5.84. The molecule has 0 atom stereocenters. The van der Waals surface area contributed by atoms with Crippen LogP contribution in [0.1, 0.15) is 28.2 Å². The molecule has 0 bridgehead atoms. The van der Waals surface area contributed by atoms with Crippen LogP contribution in [0, 0.1) is 0 Å². The van der Waals surface area contributed by atoms with Gasteiger partial charge in [-0.15, -0.1) is 0 Å². The number of pyridine rings is 1. The summed E-state index contributed by atoms with van der Waals surface area (Å²) in [6, 6.07) is 21.9. The smallest absolute Gasteiger partial charge is 0.130 e. The predicted molar refractivity (Wildman–Crippen MR) is 136 cm³/mol. The minimum absolute atomic E-state index is 0.405. The molecule has 0 unspecified atom stereocenters. The average molecular weight is 449 g/mol. The second-order valence-electron chi connectivity index (χ2n) is 7.75. The van der Waals surface area contributed by atoms with Gasteiger partial charge in [0, 0.05) is 29.5 Å². The van der Waals surface area contributed by atoms with E-state index in [1.165, 1.54) is 5.39 Å². The van der Waals surface area contributed by atoms with Gasteiger partial charge in [0.15, 0.2) is 0 Å². The van der Waals surface area contributed by atoms with Gasteiger partial charge in [-0.1, -0.05) is 18.2 Å². The summed E-state index contributed by atoms with van der Waals surface area (Å²) in [5.74, 6) is 1.46. The van der Waals surface area contributed by atoms with Gasteiger partial charge in [-0.05, 0) is 77.7 Å². The van der Waals surface area contributed by atoms with Gasteiger partial charge in [0.05, 0.1) is 24.2 Å². The fourth-order valence-corrected chi connectivity index (χ4v) is 3.62. The zero-order chi connectivity index (χ0) is 23.2. The normalized spacial score (nSPS) is 11.6. The predicted octanol–water partition coefficient (Wildman–Crippen LogP) is 6.21. The molecule has 0 spiro atoms. The van der Waals surface area contributed by atoms with Crippen molar-refractivity contribution in [2.45, 2.75) is 6.61 Å². The third-order valence-electron chi connectivity index (χ3n) is 5.40. The number of H-pyrrole nitrogens is 2. The molecular formula is C28H24N4O2. The maximum absolute atomic E-state index is 5.85. The second kappa shape index (κ2) is 9.92. The van der Waals surface area contributed by atoms with Gasteiger partial charge in [-0.3, -0.25) is 10.1 Å². The number of aromatic amines is 2. The first-order chi connectivity index (χ1) is 16.8. The number of hydrogen-bond acceptors (Lipinski definition) is 4. The van der Waals surface area contributed by atoms with Gasteiger partial charge in [-0.2, -0.15) is 5.10 Å². The van der Waals surface area contributed by atoms with Crippen molar-refractivity contribution in [2.24, 2.45) is 0 Å². The average Bonchev–Trinajstić information content (AvgIpc) is 3.55. The Bertz CT molecular complexity index is 1450. The van der Waals surface area contributed by atoms with E-state index in [0.29, 0.717) is 6.61 Å². The van der Waals surface area contributed by atoms with E-state index < -0.39 is 0 Å². The molecule has 0 amide bonds. The van der Waals surface area contributed by atoms with Crippen LogP contribution in [-0.2, 0) is 6.61 Å². The van der Waals surface area contributed by atoms with Crippen LogP contribution < -0.4 is 9.47 Å². The number of nitrogens with zero attached hydrogens (tertiary/aromatic N) is 2. The molecular weight excluding hydrogens is 424 g/mol. The van der Waals surface area contributed by atoms with Crippen LogP contribution in [0.25, 0.3) is 35.2 Å². The third-order valence-corrected chi connectivity index (χ3v) is 5.40. The molecule has 6 nitrogen and oxygen atoms in total. The Labute approximate surface area is 197 Å². The van der Waals surface area contributed by atoms with Crippen molar-refractivity contribution in [1.29, 1.82) is 0 Å². The highest BCUT2D eigenvalue weighted by Crippen LogP contribution is 2.27. The monoisotopic (exact) mass is 448 g/mol. The van der Waals surface area contributed by atoms with Crippen molar-refractivity contribution in [3.63, 3.8) is 0 Å². The van der Waals surface area contributed by atoms with Crippen molar-refractivity contribution in [3.8, 4) is 11.5 Å². The lowest BCUT2D eigenvalue weighted by atomic mass is 10.1. The maximum Gasteiger partial charge on any atom is 0.130 e. The summed E-state index contributed by atoms with van der Waals surface area (Å²) < 4.78 is 11.4. The fraction of sp³-hybridized carbons (Fsp3) is 0.0714. The lowest BCUT2D eigenvalue weighted by Gasteiger charge is -2.09. The Morgan fingerprint density at radius 2 is 1.88 bits per heavy atom. The molecule has 5 aromatic rings. The minimum atomic E-state index is 0.405. The molecule has 6 heteroatoms. The van der Waals surface area contributed by atoms with Gasteiger partial charge in [0.2, 0.25) is 0 Å². The number of fused-ring (bicyclic) bond motifs is 1. The topological polar surface area (TPSA) is 75.8 Å². The summed E-state index contributed by atoms with van der Waals surface area (Å²) in [5, 5.41) is 8.63. The van der Waals surface area contributed by atoms with E-state index in [1.807, 2.05) is 66.9 Å². The van der Waals surface area contributed by atoms with Crippen LogP contribution in [0.5, 0.6) is 11.5 Å². The van der Waals surface area contributed by atoms with Crippen LogP contribution >= 0.6 is 0 Å². The number of aromatic nitrogens is 4. The highest BCUT2D eigenvalue weighted by Gasteiger charge is 2.04. The molecule has 0 saturated heterocycles. The fourth-order valence-electron chi connectivity index (χ4n) is 3.62. The summed E-state index contributed by atoms with van der Waals surface area (Å²) in [6.07, 6.45) is 11.7. The number of nitrogens with one attached hydrogen (secondary N) is 2. The molecule has 168 valence electrons. The standard InChI is InChI=1S/C28H24N4O2/c1-33-28-18-26(34-19-25-4-2-3-14-29-25)11-8-21(28)7-10-24-17-23(31-32-24)9-5-20-6-12-27-22(16-20)13-15-30-27/h2-18,30H,19H2,1H3,(H,31,32). The van der Waals surface area contributed by atoms with Crippen LogP contribution in [0.15, 0.2) is 79.1 Å². The van der Waals surface area contributed by atoms with Crippen LogP contribution in [-0.4, -0.2) is 27.3 Å². The Kier molecular flexibility index (Phi) is 6.21. The third kappa shape index (κ3) is 5.07. The van der Waals surface area contributed by atoms with E-state index in [4.69, 9.17) is 9.47 Å². The van der Waals surface area contributed by atoms with E-state index >= 15 is 0 Å². The number of benzene rings is 2. The Morgan fingerprint density at radius 1 is 0.912 bits per heavy atom. The van der Waals surface area contributed by atoms with Crippen molar-refractivity contribution in [3.05, 3.63) is 107 Å². The summed E-state index contributed by atoms with van der Waals surface area (Å²) in [7, 11) is 1.65. The van der Waals surface area contributed by atoms with Gasteiger partial charge < -0.3 is 14.5 Å². The van der Waals surface area contributed by atoms with Crippen molar-refractivity contribution in [2.75, 3.05) is 7.11 Å². The zero-order valence-corrected chi connectivity index (χ0v) is 18.7. The number of ether oxygens (including phenoxy) is 2. The SMILES string of the molecule is COc1cc(OCc2ccccn2)ccc1C=Cc1cc(C=Cc2ccc3[nH]ccc3c2)n[nH]1. The van der Waals surface area contributed by atoms with Crippen LogP contribution in [0.4, 0.5) is 0 Å². The molecule has 3 heterocycles. The first-order valence-corrected chi connectivity index (χ1v) is 11.0. The lowest BCUT2D eigenvalue weighted by Crippen LogP contribution is -1.98. The van der Waals surface area contributed by atoms with Crippen LogP contribution in [0.2, 0.25) is 0 Å². The van der Waals surface area contributed by atoms with Crippen molar-refractivity contribution < 1.29 is 9.47 Å². The number of rotatable bonds is 8. The molecule has 2 N–H and O–H groups in total. The highest BCUT2D eigenvalue weighted by molar-refractivity contribution is 5.83. The first kappa shape index (κ1) is 21.3. The maximum atomic E-state index is 5.85. The van der Waals surface area contributed by atoms with E-state index in [1.54, 1.807) is 13.3 Å². The molecule has 0 aliphatic heterocycles. The van der Waals surface area contributed by atoms with E-state index in [-0.39, 0.29) is 0 Å². The Morgan fingerprint density at radius 3 is 2.76 bits per heavy atom. The largest absolute Gasteiger partial charge is 0.496 e. The molecule has 5 rings (SSSR count). The molecule has 0 radical (unpaired) electrons.